The number of hydrogen-bond acceptors (Lipinski definition) is 6. The van der Waals surface area contributed by atoms with Gasteiger partial charge in [0.2, 0.25) is 0 Å². The molecule has 0 saturated carbocycles. The number of azide groups is 1. The highest BCUT2D eigenvalue weighted by atomic mass is 16.6. The molecular formula is C6H9N3O6. The number of aliphatic hydroxyl groups is 3. The predicted molar refractivity (Wildman–Crippen MR) is 43.5 cm³/mol. The first kappa shape index (κ1) is 11.7. The van der Waals surface area contributed by atoms with Crippen molar-refractivity contribution in [3.63, 3.8) is 0 Å². The molecule has 0 aromatic rings. The van der Waals surface area contributed by atoms with E-state index in [1.807, 2.05) is 0 Å². The Morgan fingerprint density at radius 3 is 2.33 bits per heavy atom. The van der Waals surface area contributed by atoms with Crippen LogP contribution in [-0.2, 0) is 9.53 Å². The fourth-order valence-electron chi connectivity index (χ4n) is 1.21. The van der Waals surface area contributed by atoms with E-state index in [0.717, 1.165) is 0 Å². The number of carbonyl (C=O) groups is 1. The van der Waals surface area contributed by atoms with Gasteiger partial charge in [0.15, 0.2) is 12.3 Å². The molecule has 9 nitrogen and oxygen atoms in total. The Labute approximate surface area is 83.1 Å². The van der Waals surface area contributed by atoms with Crippen molar-refractivity contribution < 1.29 is 30.0 Å². The zero-order valence-electron chi connectivity index (χ0n) is 7.33. The second-order valence-electron chi connectivity index (χ2n) is 2.96. The molecule has 0 aromatic heterocycles. The van der Waals surface area contributed by atoms with Crippen molar-refractivity contribution in [2.45, 2.75) is 30.6 Å². The van der Waals surface area contributed by atoms with E-state index in [2.05, 4.69) is 14.8 Å². The molecule has 0 bridgehead atoms. The molecule has 84 valence electrons. The van der Waals surface area contributed by atoms with Gasteiger partial charge < -0.3 is 25.2 Å². The number of carboxylic acid groups (broad SMARTS) is 1. The molecule has 0 unspecified atom stereocenters. The molecule has 0 spiro atoms. The highest BCUT2D eigenvalue weighted by molar-refractivity contribution is 5.73. The van der Waals surface area contributed by atoms with Gasteiger partial charge in [0.25, 0.3) is 0 Å². The summed E-state index contributed by atoms with van der Waals surface area (Å²) in [5.41, 5.74) is 8.09. The van der Waals surface area contributed by atoms with Crippen molar-refractivity contribution in [1.82, 2.24) is 0 Å². The van der Waals surface area contributed by atoms with Crippen molar-refractivity contribution in [2.24, 2.45) is 5.11 Å². The smallest absolute Gasteiger partial charge is 0.335 e. The molecule has 1 saturated heterocycles. The SMILES string of the molecule is [N-]=[N+]=N[C@@H]1O[C@@H](C(=O)O)[C@H](O)[C@H](O)[C@@H]1O. The zero-order chi connectivity index (χ0) is 11.6. The fraction of sp³-hybridized carbons (Fsp3) is 0.833. The van der Waals surface area contributed by atoms with E-state index < -0.39 is 36.6 Å². The number of aliphatic carboxylic acids is 1. The minimum Gasteiger partial charge on any atom is -0.479 e. The normalized spacial score (nSPS) is 40.6. The van der Waals surface area contributed by atoms with Crippen molar-refractivity contribution in [2.75, 3.05) is 0 Å². The van der Waals surface area contributed by atoms with Gasteiger partial charge in [-0.1, -0.05) is 5.11 Å². The lowest BCUT2D eigenvalue weighted by Crippen LogP contribution is -2.59. The molecule has 1 fully saturated rings. The van der Waals surface area contributed by atoms with Crippen LogP contribution in [0, 0.1) is 0 Å². The van der Waals surface area contributed by atoms with Crippen molar-refractivity contribution in [1.29, 1.82) is 0 Å². The Morgan fingerprint density at radius 2 is 1.87 bits per heavy atom. The van der Waals surface area contributed by atoms with Crippen LogP contribution in [0.2, 0.25) is 0 Å². The molecular weight excluding hydrogens is 210 g/mol. The number of carboxylic acids is 1. The standard InChI is InChI=1S/C6H9N3O6/c7-9-8-5-3(12)1(10)2(11)4(15-5)6(13)14/h1-5,10-12H,(H,13,14)/t1-,2+,3-,4+,5+/m0/s1. The summed E-state index contributed by atoms with van der Waals surface area (Å²) < 4.78 is 4.60. The summed E-state index contributed by atoms with van der Waals surface area (Å²) in [7, 11) is 0. The molecule has 15 heavy (non-hydrogen) atoms. The fourth-order valence-corrected chi connectivity index (χ4v) is 1.21. The Hall–Kier alpha value is -1.38. The minimum absolute atomic E-state index is 1.52. The molecule has 0 aliphatic carbocycles. The molecule has 0 aromatic carbocycles. The quantitative estimate of drug-likeness (QED) is 0.243. The molecule has 5 atom stereocenters. The minimum atomic E-state index is -1.78. The average molecular weight is 219 g/mol. The van der Waals surface area contributed by atoms with Crippen LogP contribution in [0.15, 0.2) is 5.11 Å². The van der Waals surface area contributed by atoms with Crippen LogP contribution < -0.4 is 0 Å². The second kappa shape index (κ2) is 4.43. The maximum atomic E-state index is 10.6. The van der Waals surface area contributed by atoms with E-state index >= 15 is 0 Å². The molecule has 9 heteroatoms. The Morgan fingerprint density at radius 1 is 1.27 bits per heavy atom. The van der Waals surface area contributed by atoms with E-state index in [0.29, 0.717) is 0 Å². The maximum absolute atomic E-state index is 10.6. The summed E-state index contributed by atoms with van der Waals surface area (Å²) in [6.07, 6.45) is -8.45. The van der Waals surface area contributed by atoms with Gasteiger partial charge in [0, 0.05) is 4.91 Å². The van der Waals surface area contributed by atoms with Crippen molar-refractivity contribution in [3.8, 4) is 0 Å². The van der Waals surface area contributed by atoms with E-state index in [9.17, 15) is 20.1 Å². The number of rotatable bonds is 2. The lowest BCUT2D eigenvalue weighted by atomic mass is 9.98. The lowest BCUT2D eigenvalue weighted by molar-refractivity contribution is -0.226. The molecule has 4 N–H and O–H groups in total. The van der Waals surface area contributed by atoms with E-state index in [-0.39, 0.29) is 0 Å². The Bertz CT molecular complexity index is 289. The van der Waals surface area contributed by atoms with Crippen LogP contribution in [0.1, 0.15) is 0 Å². The van der Waals surface area contributed by atoms with Crippen LogP contribution in [-0.4, -0.2) is 57.0 Å². The summed E-state index contributed by atoms with van der Waals surface area (Å²) in [5.74, 6) is -1.52. The average Bonchev–Trinajstić information content (AvgIpc) is 2.18. The van der Waals surface area contributed by atoms with Crippen molar-refractivity contribution >= 4 is 5.97 Å². The molecule has 1 aliphatic rings. The third-order valence-corrected chi connectivity index (χ3v) is 2.00. The topological polar surface area (TPSA) is 156 Å². The first-order chi connectivity index (χ1) is 6.99. The Kier molecular flexibility index (Phi) is 3.45. The number of nitrogens with zero attached hydrogens (tertiary/aromatic N) is 3. The Balaban J connectivity index is 2.89. The van der Waals surface area contributed by atoms with Gasteiger partial charge in [-0.2, -0.15) is 0 Å². The second-order valence-corrected chi connectivity index (χ2v) is 2.96. The van der Waals surface area contributed by atoms with Crippen LogP contribution in [0.5, 0.6) is 0 Å². The van der Waals surface area contributed by atoms with Gasteiger partial charge in [-0.3, -0.25) is 0 Å². The first-order valence-corrected chi connectivity index (χ1v) is 3.95. The lowest BCUT2D eigenvalue weighted by Gasteiger charge is -2.36. The summed E-state index contributed by atoms with van der Waals surface area (Å²) in [4.78, 5) is 12.9. The molecule has 1 heterocycles. The van der Waals surface area contributed by atoms with Gasteiger partial charge in [0.1, 0.15) is 18.3 Å². The molecule has 1 aliphatic heterocycles. The third kappa shape index (κ3) is 2.17. The highest BCUT2D eigenvalue weighted by Gasteiger charge is 2.46. The molecule has 0 amide bonds. The first-order valence-electron chi connectivity index (χ1n) is 3.95. The summed E-state index contributed by atoms with van der Waals surface area (Å²) in [5, 5.41) is 39.2. The largest absolute Gasteiger partial charge is 0.479 e. The van der Waals surface area contributed by atoms with Gasteiger partial charge in [0.05, 0.1) is 0 Å². The summed E-state index contributed by atoms with van der Waals surface area (Å²) in [6, 6.07) is 0. The van der Waals surface area contributed by atoms with Crippen LogP contribution in [0.25, 0.3) is 10.4 Å². The number of hydrogen-bond donors (Lipinski definition) is 4. The highest BCUT2D eigenvalue weighted by Crippen LogP contribution is 2.22. The number of aliphatic hydroxyl groups excluding tert-OH is 3. The third-order valence-electron chi connectivity index (χ3n) is 2.00. The van der Waals surface area contributed by atoms with Gasteiger partial charge in [-0.05, 0) is 5.53 Å². The zero-order valence-corrected chi connectivity index (χ0v) is 7.33. The van der Waals surface area contributed by atoms with Crippen LogP contribution >= 0.6 is 0 Å². The van der Waals surface area contributed by atoms with Crippen LogP contribution in [0.3, 0.4) is 0 Å². The monoisotopic (exact) mass is 219 g/mol. The predicted octanol–water partition coefficient (Wildman–Crippen LogP) is -1.81. The van der Waals surface area contributed by atoms with Gasteiger partial charge >= 0.3 is 5.97 Å². The number of ether oxygens (including phenoxy) is 1. The van der Waals surface area contributed by atoms with E-state index in [1.54, 1.807) is 0 Å². The summed E-state index contributed by atoms with van der Waals surface area (Å²) >= 11 is 0. The molecule has 1 rings (SSSR count). The maximum Gasteiger partial charge on any atom is 0.335 e. The van der Waals surface area contributed by atoms with Gasteiger partial charge in [-0.15, -0.1) is 0 Å². The summed E-state index contributed by atoms with van der Waals surface area (Å²) in [6.45, 7) is 0. The van der Waals surface area contributed by atoms with Gasteiger partial charge in [-0.25, -0.2) is 4.79 Å². The van der Waals surface area contributed by atoms with Crippen molar-refractivity contribution in [3.05, 3.63) is 10.4 Å². The van der Waals surface area contributed by atoms with E-state index in [4.69, 9.17) is 10.6 Å². The van der Waals surface area contributed by atoms with E-state index in [1.165, 1.54) is 0 Å². The molecule has 0 radical (unpaired) electrons. The van der Waals surface area contributed by atoms with Crippen LogP contribution in [0.4, 0.5) is 0 Å².